The van der Waals surface area contributed by atoms with Crippen molar-refractivity contribution in [3.8, 4) is 5.75 Å². The van der Waals surface area contributed by atoms with Crippen LogP contribution in [-0.2, 0) is 6.42 Å². The molecule has 1 N–H and O–H groups in total. The Morgan fingerprint density at radius 1 is 1.40 bits per heavy atom. The van der Waals surface area contributed by atoms with E-state index in [-0.39, 0.29) is 0 Å². The average molecular weight is 297 g/mol. The summed E-state index contributed by atoms with van der Waals surface area (Å²) in [6.07, 6.45) is 5.79. The third-order valence-electron chi connectivity index (χ3n) is 3.55. The molecule has 1 aromatic heterocycles. The molecule has 5 heteroatoms. The van der Waals surface area contributed by atoms with Crippen LogP contribution in [0.25, 0.3) is 0 Å². The summed E-state index contributed by atoms with van der Waals surface area (Å²) in [6.45, 7) is 5.83. The van der Waals surface area contributed by atoms with Gasteiger partial charge in [-0.05, 0) is 38.4 Å². The van der Waals surface area contributed by atoms with E-state index in [0.717, 1.165) is 37.4 Å². The standard InChI is InChI=1S/C15H23NO3S/c1-2-6-12-11-13(14(20-12)15(17)18)19-10-9-16-7-4-3-5-8-16/h11H,2-10H2,1H3,(H,17,18). The van der Waals surface area contributed by atoms with Gasteiger partial charge >= 0.3 is 5.97 Å². The van der Waals surface area contributed by atoms with Crippen LogP contribution in [0.3, 0.4) is 0 Å². The number of likely N-dealkylation sites (tertiary alicyclic amines) is 1. The van der Waals surface area contributed by atoms with E-state index in [1.54, 1.807) is 0 Å². The minimum atomic E-state index is -0.884. The van der Waals surface area contributed by atoms with Crippen molar-refractivity contribution in [3.05, 3.63) is 15.8 Å². The first-order chi connectivity index (χ1) is 9.70. The molecular weight excluding hydrogens is 274 g/mol. The molecule has 0 saturated carbocycles. The molecule has 0 unspecified atom stereocenters. The first kappa shape index (κ1) is 15.3. The molecule has 0 aromatic carbocycles. The first-order valence-corrected chi connectivity index (χ1v) is 8.23. The second-order valence-electron chi connectivity index (χ2n) is 5.21. The van der Waals surface area contributed by atoms with Crippen molar-refractivity contribution in [1.29, 1.82) is 0 Å². The van der Waals surface area contributed by atoms with Crippen LogP contribution in [0.2, 0.25) is 0 Å². The predicted molar refractivity (Wildman–Crippen MR) is 81.1 cm³/mol. The van der Waals surface area contributed by atoms with Crippen LogP contribution in [0.5, 0.6) is 5.75 Å². The monoisotopic (exact) mass is 297 g/mol. The Morgan fingerprint density at radius 2 is 2.15 bits per heavy atom. The molecule has 0 atom stereocenters. The van der Waals surface area contributed by atoms with Crippen LogP contribution in [0.4, 0.5) is 0 Å². The summed E-state index contributed by atoms with van der Waals surface area (Å²) in [5, 5.41) is 9.22. The maximum atomic E-state index is 11.2. The minimum Gasteiger partial charge on any atom is -0.490 e. The van der Waals surface area contributed by atoms with Gasteiger partial charge in [0.1, 0.15) is 12.4 Å². The van der Waals surface area contributed by atoms with Crippen LogP contribution in [-0.4, -0.2) is 42.2 Å². The van der Waals surface area contributed by atoms with Crippen LogP contribution >= 0.6 is 11.3 Å². The maximum Gasteiger partial charge on any atom is 0.349 e. The SMILES string of the molecule is CCCc1cc(OCCN2CCCCC2)c(C(=O)O)s1. The van der Waals surface area contributed by atoms with Gasteiger partial charge in [0.2, 0.25) is 0 Å². The lowest BCUT2D eigenvalue weighted by atomic mass is 10.1. The van der Waals surface area contributed by atoms with E-state index in [2.05, 4.69) is 11.8 Å². The van der Waals surface area contributed by atoms with Gasteiger partial charge in [0.15, 0.2) is 4.88 Å². The Balaban J connectivity index is 1.88. The quantitative estimate of drug-likeness (QED) is 0.839. The van der Waals surface area contributed by atoms with E-state index in [1.807, 2.05) is 6.07 Å². The van der Waals surface area contributed by atoms with Crippen LogP contribution in [0.15, 0.2) is 6.07 Å². The Morgan fingerprint density at radius 3 is 2.80 bits per heavy atom. The summed E-state index contributed by atoms with van der Waals surface area (Å²) in [5.41, 5.74) is 0. The third-order valence-corrected chi connectivity index (χ3v) is 4.72. The van der Waals surface area contributed by atoms with Crippen molar-refractivity contribution >= 4 is 17.3 Å². The lowest BCUT2D eigenvalue weighted by Gasteiger charge is -2.26. The summed E-state index contributed by atoms with van der Waals surface area (Å²) < 4.78 is 5.72. The number of rotatable bonds is 7. The van der Waals surface area contributed by atoms with E-state index in [1.165, 1.54) is 30.6 Å². The number of aromatic carboxylic acids is 1. The molecule has 0 radical (unpaired) electrons. The van der Waals surface area contributed by atoms with Gasteiger partial charge in [-0.25, -0.2) is 4.79 Å². The second kappa shape index (κ2) is 7.64. The van der Waals surface area contributed by atoms with Crippen molar-refractivity contribution < 1.29 is 14.6 Å². The molecule has 1 aliphatic rings. The molecule has 0 spiro atoms. The number of ether oxygens (including phenoxy) is 1. The smallest absolute Gasteiger partial charge is 0.349 e. The molecule has 1 fully saturated rings. The predicted octanol–water partition coefficient (Wildman–Crippen LogP) is 3.26. The van der Waals surface area contributed by atoms with Gasteiger partial charge in [-0.15, -0.1) is 11.3 Å². The number of hydrogen-bond donors (Lipinski definition) is 1. The van der Waals surface area contributed by atoms with Gasteiger partial charge in [-0.1, -0.05) is 19.8 Å². The van der Waals surface area contributed by atoms with Gasteiger partial charge in [-0.3, -0.25) is 4.90 Å². The lowest BCUT2D eigenvalue weighted by molar-refractivity contribution is 0.0697. The van der Waals surface area contributed by atoms with Gasteiger partial charge in [0.25, 0.3) is 0 Å². The van der Waals surface area contributed by atoms with Gasteiger partial charge in [0.05, 0.1) is 0 Å². The maximum absolute atomic E-state index is 11.2. The molecular formula is C15H23NO3S. The molecule has 4 nitrogen and oxygen atoms in total. The molecule has 2 rings (SSSR count). The minimum absolute atomic E-state index is 0.340. The summed E-state index contributed by atoms with van der Waals surface area (Å²) >= 11 is 1.34. The number of thiophene rings is 1. The number of hydrogen-bond acceptors (Lipinski definition) is 4. The lowest BCUT2D eigenvalue weighted by Crippen LogP contribution is -2.33. The van der Waals surface area contributed by atoms with Crippen molar-refractivity contribution in [2.45, 2.75) is 39.0 Å². The number of carbonyl (C=O) groups is 1. The number of carboxylic acid groups (broad SMARTS) is 1. The fourth-order valence-corrected chi connectivity index (χ4v) is 3.56. The number of piperidine rings is 1. The zero-order chi connectivity index (χ0) is 14.4. The molecule has 1 saturated heterocycles. The Labute approximate surface area is 124 Å². The average Bonchev–Trinajstić information content (AvgIpc) is 2.84. The second-order valence-corrected chi connectivity index (χ2v) is 6.35. The number of aryl methyl sites for hydroxylation is 1. The third kappa shape index (κ3) is 4.21. The van der Waals surface area contributed by atoms with Crippen molar-refractivity contribution in [1.82, 2.24) is 4.90 Å². The normalized spacial score (nSPS) is 16.2. The highest BCUT2D eigenvalue weighted by atomic mass is 32.1. The zero-order valence-electron chi connectivity index (χ0n) is 12.1. The highest BCUT2D eigenvalue weighted by Gasteiger charge is 2.17. The number of carboxylic acids is 1. The molecule has 1 aliphatic heterocycles. The zero-order valence-corrected chi connectivity index (χ0v) is 12.9. The van der Waals surface area contributed by atoms with E-state index < -0.39 is 5.97 Å². The highest BCUT2D eigenvalue weighted by molar-refractivity contribution is 7.14. The van der Waals surface area contributed by atoms with Gasteiger partial charge in [-0.2, -0.15) is 0 Å². The van der Waals surface area contributed by atoms with E-state index in [0.29, 0.717) is 17.2 Å². The molecule has 0 bridgehead atoms. The van der Waals surface area contributed by atoms with Crippen LogP contribution in [0, 0.1) is 0 Å². The van der Waals surface area contributed by atoms with E-state index >= 15 is 0 Å². The largest absolute Gasteiger partial charge is 0.490 e. The fourth-order valence-electron chi connectivity index (χ4n) is 2.52. The first-order valence-electron chi connectivity index (χ1n) is 7.42. The molecule has 0 aliphatic carbocycles. The molecule has 112 valence electrons. The summed E-state index contributed by atoms with van der Waals surface area (Å²) in [7, 11) is 0. The van der Waals surface area contributed by atoms with Crippen molar-refractivity contribution in [2.24, 2.45) is 0 Å². The van der Waals surface area contributed by atoms with Crippen molar-refractivity contribution in [3.63, 3.8) is 0 Å². The molecule has 2 heterocycles. The fraction of sp³-hybridized carbons (Fsp3) is 0.667. The highest BCUT2D eigenvalue weighted by Crippen LogP contribution is 2.30. The topological polar surface area (TPSA) is 49.8 Å². The van der Waals surface area contributed by atoms with E-state index in [9.17, 15) is 9.90 Å². The molecule has 20 heavy (non-hydrogen) atoms. The summed E-state index contributed by atoms with van der Waals surface area (Å²) in [6, 6.07) is 1.90. The van der Waals surface area contributed by atoms with Gasteiger partial charge < -0.3 is 9.84 Å². The summed E-state index contributed by atoms with van der Waals surface area (Å²) in [4.78, 5) is 15.1. The van der Waals surface area contributed by atoms with Gasteiger partial charge in [0, 0.05) is 11.4 Å². The molecule has 0 amide bonds. The Kier molecular flexibility index (Phi) is 5.86. The van der Waals surface area contributed by atoms with Crippen LogP contribution < -0.4 is 4.74 Å². The Hall–Kier alpha value is -1.07. The molecule has 1 aromatic rings. The van der Waals surface area contributed by atoms with E-state index in [4.69, 9.17) is 4.74 Å². The van der Waals surface area contributed by atoms with Crippen molar-refractivity contribution in [2.75, 3.05) is 26.2 Å². The Bertz CT molecular complexity index is 438. The summed E-state index contributed by atoms with van der Waals surface area (Å²) in [5.74, 6) is -0.340. The van der Waals surface area contributed by atoms with Crippen LogP contribution in [0.1, 0.15) is 47.2 Å². The number of nitrogens with zero attached hydrogens (tertiary/aromatic N) is 1.